The van der Waals surface area contributed by atoms with Gasteiger partial charge in [0.25, 0.3) is 0 Å². The highest BCUT2D eigenvalue weighted by Crippen LogP contribution is 2.22. The van der Waals surface area contributed by atoms with Gasteiger partial charge in [0, 0.05) is 14.1 Å². The fourth-order valence-corrected chi connectivity index (χ4v) is 3.57. The summed E-state index contributed by atoms with van der Waals surface area (Å²) in [5.41, 5.74) is -0.597. The normalized spacial score (nSPS) is 29.9. The molecule has 82 valence electrons. The van der Waals surface area contributed by atoms with Gasteiger partial charge in [-0.05, 0) is 13.3 Å². The number of carbonyl (C=O) groups is 1. The molecule has 1 rings (SSSR count). The van der Waals surface area contributed by atoms with Crippen molar-refractivity contribution in [1.82, 2.24) is 10.2 Å². The van der Waals surface area contributed by atoms with Crippen LogP contribution in [0.2, 0.25) is 0 Å². The smallest absolute Gasteiger partial charge is 0.317 e. The molecule has 0 spiro atoms. The van der Waals surface area contributed by atoms with E-state index in [4.69, 9.17) is 0 Å². The van der Waals surface area contributed by atoms with Crippen molar-refractivity contribution in [3.63, 3.8) is 0 Å². The molecule has 0 radical (unpaired) electrons. The topological polar surface area (TPSA) is 66.5 Å². The van der Waals surface area contributed by atoms with E-state index in [0.717, 1.165) is 0 Å². The van der Waals surface area contributed by atoms with Crippen LogP contribution in [0, 0.1) is 0 Å². The molecule has 14 heavy (non-hydrogen) atoms. The molecular weight excluding hydrogens is 204 g/mol. The molecule has 1 N–H and O–H groups in total. The highest BCUT2D eigenvalue weighted by Gasteiger charge is 2.39. The zero-order chi connectivity index (χ0) is 11.0. The van der Waals surface area contributed by atoms with Crippen molar-refractivity contribution >= 4 is 15.9 Å². The SMILES string of the molecule is CN(C)C(=O)N[C@@]1(C)CCS(=O)(=O)C1. The average molecular weight is 220 g/mol. The van der Waals surface area contributed by atoms with Gasteiger partial charge in [0.2, 0.25) is 0 Å². The van der Waals surface area contributed by atoms with Gasteiger partial charge in [-0.15, -0.1) is 0 Å². The Labute approximate surface area is 84.4 Å². The van der Waals surface area contributed by atoms with Crippen LogP contribution >= 0.6 is 0 Å². The zero-order valence-corrected chi connectivity index (χ0v) is 9.52. The van der Waals surface area contributed by atoms with E-state index >= 15 is 0 Å². The molecule has 0 aliphatic carbocycles. The quantitative estimate of drug-likeness (QED) is 0.667. The molecule has 0 aromatic rings. The minimum absolute atomic E-state index is 0.0412. The van der Waals surface area contributed by atoms with E-state index in [0.29, 0.717) is 6.42 Å². The van der Waals surface area contributed by atoms with Crippen LogP contribution in [-0.2, 0) is 9.84 Å². The molecule has 1 aliphatic heterocycles. The molecule has 1 atom stereocenters. The molecule has 2 amide bonds. The lowest BCUT2D eigenvalue weighted by Crippen LogP contribution is -2.50. The summed E-state index contributed by atoms with van der Waals surface area (Å²) in [4.78, 5) is 12.7. The van der Waals surface area contributed by atoms with Crippen LogP contribution in [0.1, 0.15) is 13.3 Å². The maximum atomic E-state index is 11.3. The Morgan fingerprint density at radius 3 is 2.36 bits per heavy atom. The molecule has 0 aromatic carbocycles. The van der Waals surface area contributed by atoms with Gasteiger partial charge in [0.1, 0.15) is 0 Å². The van der Waals surface area contributed by atoms with Crippen molar-refractivity contribution < 1.29 is 13.2 Å². The fourth-order valence-electron chi connectivity index (χ4n) is 1.48. The number of hydrogen-bond acceptors (Lipinski definition) is 3. The molecule has 5 nitrogen and oxygen atoms in total. The van der Waals surface area contributed by atoms with Gasteiger partial charge in [-0.1, -0.05) is 0 Å². The van der Waals surface area contributed by atoms with Crippen molar-refractivity contribution in [2.45, 2.75) is 18.9 Å². The molecule has 1 aliphatic rings. The van der Waals surface area contributed by atoms with Crippen molar-refractivity contribution in [2.24, 2.45) is 0 Å². The second-order valence-electron chi connectivity index (χ2n) is 4.23. The molecule has 6 heteroatoms. The first kappa shape index (κ1) is 11.3. The second-order valence-corrected chi connectivity index (χ2v) is 6.41. The number of urea groups is 1. The summed E-state index contributed by atoms with van der Waals surface area (Å²) in [6, 6.07) is -0.246. The van der Waals surface area contributed by atoms with E-state index in [9.17, 15) is 13.2 Å². The maximum absolute atomic E-state index is 11.3. The molecule has 0 aromatic heterocycles. The summed E-state index contributed by atoms with van der Waals surface area (Å²) < 4.78 is 22.5. The Morgan fingerprint density at radius 1 is 1.43 bits per heavy atom. The summed E-state index contributed by atoms with van der Waals surface area (Å²) in [5, 5.41) is 2.72. The first-order chi connectivity index (χ1) is 6.24. The third-order valence-corrected chi connectivity index (χ3v) is 4.22. The van der Waals surface area contributed by atoms with E-state index in [2.05, 4.69) is 5.32 Å². The lowest BCUT2D eigenvalue weighted by Gasteiger charge is -2.25. The molecule has 0 saturated carbocycles. The summed E-state index contributed by atoms with van der Waals surface area (Å²) in [5.74, 6) is 0.205. The lowest BCUT2D eigenvalue weighted by molar-refractivity contribution is 0.206. The standard InChI is InChI=1S/C8H16N2O3S/c1-8(9-7(11)10(2)3)4-5-14(12,13)6-8/h4-6H2,1-3H3,(H,9,11)/t8-/m0/s1. The van der Waals surface area contributed by atoms with Gasteiger partial charge in [-0.25, -0.2) is 13.2 Å². The second kappa shape index (κ2) is 3.42. The van der Waals surface area contributed by atoms with Crippen LogP contribution in [-0.4, -0.2) is 50.5 Å². The maximum Gasteiger partial charge on any atom is 0.317 e. The van der Waals surface area contributed by atoms with Gasteiger partial charge in [0.15, 0.2) is 9.84 Å². The minimum Gasteiger partial charge on any atom is -0.332 e. The zero-order valence-electron chi connectivity index (χ0n) is 8.70. The third-order valence-electron chi connectivity index (χ3n) is 2.32. The molecule has 1 heterocycles. The van der Waals surface area contributed by atoms with Crippen molar-refractivity contribution in [1.29, 1.82) is 0 Å². The first-order valence-corrected chi connectivity index (χ1v) is 6.26. The minimum atomic E-state index is -2.96. The highest BCUT2D eigenvalue weighted by atomic mass is 32.2. The van der Waals surface area contributed by atoms with Crippen LogP contribution in [0.3, 0.4) is 0 Å². The Kier molecular flexibility index (Phi) is 2.76. The summed E-state index contributed by atoms with van der Waals surface area (Å²) in [7, 11) is 0.296. The molecule has 1 fully saturated rings. The molecule has 1 saturated heterocycles. The van der Waals surface area contributed by atoms with E-state index in [1.165, 1.54) is 4.90 Å². The Morgan fingerprint density at radius 2 is 2.00 bits per heavy atom. The molecular formula is C8H16N2O3S. The number of sulfone groups is 1. The number of rotatable bonds is 1. The predicted molar refractivity (Wildman–Crippen MR) is 53.9 cm³/mol. The average Bonchev–Trinajstić information content (AvgIpc) is 2.25. The number of carbonyl (C=O) groups excluding carboxylic acids is 1. The van der Waals surface area contributed by atoms with Crippen LogP contribution in [0.5, 0.6) is 0 Å². The summed E-state index contributed by atoms with van der Waals surface area (Å²) >= 11 is 0. The third kappa shape index (κ3) is 2.60. The number of hydrogen-bond donors (Lipinski definition) is 1. The number of amides is 2. The van der Waals surface area contributed by atoms with Crippen LogP contribution in [0.25, 0.3) is 0 Å². The van der Waals surface area contributed by atoms with E-state index in [-0.39, 0.29) is 17.5 Å². The van der Waals surface area contributed by atoms with E-state index in [1.807, 2.05) is 0 Å². The van der Waals surface area contributed by atoms with Crippen LogP contribution < -0.4 is 5.32 Å². The first-order valence-electron chi connectivity index (χ1n) is 4.44. The predicted octanol–water partition coefficient (Wildman–Crippen LogP) is -0.165. The fraction of sp³-hybridized carbons (Fsp3) is 0.875. The Balaban J connectivity index is 2.66. The summed E-state index contributed by atoms with van der Waals surface area (Å²) in [6.07, 6.45) is 0.495. The van der Waals surface area contributed by atoms with Crippen LogP contribution in [0.15, 0.2) is 0 Å². The molecule has 0 bridgehead atoms. The van der Waals surface area contributed by atoms with Crippen molar-refractivity contribution in [3.8, 4) is 0 Å². The highest BCUT2D eigenvalue weighted by molar-refractivity contribution is 7.91. The number of nitrogens with zero attached hydrogens (tertiary/aromatic N) is 1. The molecule has 0 unspecified atom stereocenters. The largest absolute Gasteiger partial charge is 0.332 e. The van der Waals surface area contributed by atoms with Gasteiger partial charge < -0.3 is 10.2 Å². The lowest BCUT2D eigenvalue weighted by atomic mass is 10.0. The van der Waals surface area contributed by atoms with Gasteiger partial charge in [0.05, 0.1) is 17.0 Å². The summed E-state index contributed by atoms with van der Waals surface area (Å²) in [6.45, 7) is 1.76. The van der Waals surface area contributed by atoms with Gasteiger partial charge in [-0.3, -0.25) is 0 Å². The Bertz CT molecular complexity index is 336. The van der Waals surface area contributed by atoms with Crippen LogP contribution in [0.4, 0.5) is 4.79 Å². The number of nitrogens with one attached hydrogen (secondary N) is 1. The van der Waals surface area contributed by atoms with Gasteiger partial charge in [-0.2, -0.15) is 0 Å². The van der Waals surface area contributed by atoms with E-state index in [1.54, 1.807) is 21.0 Å². The van der Waals surface area contributed by atoms with Gasteiger partial charge >= 0.3 is 6.03 Å². The Hall–Kier alpha value is -0.780. The monoisotopic (exact) mass is 220 g/mol. The van der Waals surface area contributed by atoms with Crippen molar-refractivity contribution in [3.05, 3.63) is 0 Å². The van der Waals surface area contributed by atoms with E-state index < -0.39 is 15.4 Å². The van der Waals surface area contributed by atoms with Crippen molar-refractivity contribution in [2.75, 3.05) is 25.6 Å².